The van der Waals surface area contributed by atoms with Gasteiger partial charge in [-0.15, -0.1) is 0 Å². The summed E-state index contributed by atoms with van der Waals surface area (Å²) in [5.74, 6) is -0.234. The van der Waals surface area contributed by atoms with E-state index in [0.717, 1.165) is 49.9 Å². The molecule has 0 amide bonds. The van der Waals surface area contributed by atoms with Gasteiger partial charge in [-0.25, -0.2) is 4.39 Å². The van der Waals surface area contributed by atoms with Gasteiger partial charge < -0.3 is 13.3 Å². The summed E-state index contributed by atoms with van der Waals surface area (Å²) >= 11 is 0. The van der Waals surface area contributed by atoms with Gasteiger partial charge in [0.1, 0.15) is 76.6 Å². The zero-order chi connectivity index (χ0) is 73.3. The van der Waals surface area contributed by atoms with Crippen LogP contribution in [0.25, 0.3) is 132 Å². The van der Waals surface area contributed by atoms with Gasteiger partial charge in [-0.2, -0.15) is 13.7 Å². The van der Waals surface area contributed by atoms with Crippen LogP contribution in [0.15, 0.2) is 232 Å². The molecule has 0 aliphatic rings. The third kappa shape index (κ3) is 11.6. The monoisotopic (exact) mass is 1410 g/mol. The normalized spacial score (nSPS) is 12.2. The van der Waals surface area contributed by atoms with Crippen molar-refractivity contribution in [3.05, 3.63) is 274 Å². The lowest BCUT2D eigenvalue weighted by Gasteiger charge is -2.24. The predicted molar refractivity (Wildman–Crippen MR) is 445 cm³/mol. The number of pyridine rings is 3. The number of benzene rings is 11. The fraction of sp³-hybridized carbons (Fsp3) is 0.202. The first-order chi connectivity index (χ1) is 49.6. The summed E-state index contributed by atoms with van der Waals surface area (Å²) in [6.45, 7) is 36.3. The van der Waals surface area contributed by atoms with Crippen LogP contribution in [0.5, 0.6) is 0 Å². The summed E-state index contributed by atoms with van der Waals surface area (Å²) < 4.78 is 40.6. The zero-order valence-electron chi connectivity index (χ0n) is 63.7. The third-order valence-corrected chi connectivity index (χ3v) is 32.2. The Hall–Kier alpha value is -10.4. The number of hydrogen-bond donors (Lipinski definition) is 0. The third-order valence-electron chi connectivity index (χ3n) is 23.1. The molecule has 10 heteroatoms. The summed E-state index contributed by atoms with van der Waals surface area (Å²) in [5, 5.41) is 18.0. The molecule has 11 aromatic carbocycles. The van der Waals surface area contributed by atoms with Crippen LogP contribution in [0.2, 0.25) is 45.8 Å². The second-order valence-corrected chi connectivity index (χ2v) is 45.3. The number of aryl methyl sites for hydroxylation is 10. The Morgan fingerprint density at radius 1 is 0.269 bits per heavy atom. The van der Waals surface area contributed by atoms with Crippen LogP contribution in [0, 0.1) is 68.1 Å². The van der Waals surface area contributed by atoms with Gasteiger partial charge in [-0.1, -0.05) is 199 Å². The van der Waals surface area contributed by atoms with E-state index < -0.39 is 24.2 Å². The zero-order valence-corrected chi connectivity index (χ0v) is 66.7. The van der Waals surface area contributed by atoms with Gasteiger partial charge in [-0.3, -0.25) is 0 Å². The summed E-state index contributed by atoms with van der Waals surface area (Å²) in [4.78, 5) is 0. The van der Waals surface area contributed by atoms with E-state index >= 15 is 0 Å². The van der Waals surface area contributed by atoms with Crippen molar-refractivity contribution in [2.75, 3.05) is 0 Å². The molecule has 17 aromatic rings. The van der Waals surface area contributed by atoms with E-state index in [0.29, 0.717) is 11.1 Å². The number of para-hydroxylation sites is 2. The van der Waals surface area contributed by atoms with E-state index in [9.17, 15) is 4.39 Å². The molecule has 0 aliphatic carbocycles. The number of halogens is 1. The number of hydrogen-bond acceptors (Lipinski definition) is 3. The standard InChI is InChI=1S/C33H32NOSi.C32H30NOSi.C29H31FNOSi/c1-21-18-28-26-14-10-11-15-31(26)35-33(28)32(23(21)3)30-19-22(2)27-20-25(16-17-29(27)34(30)4)36(5,6)24-12-8-7-9-13-24;1-21-15-17-26-25-13-9-10-14-30(25)34-32(26)31(21)29-19-22(2)27-20-24(16-18-28(27)33(29)3)35(4,5)23-11-7-6-8-12-23;1-16-13-23-21-10-11-24(30)19(4)28(21)32-29(23)27(18(16)3)26-14-17(2)22-15-20(33(6,7)8)9-12-25(22)31(26)5/h7-20H,1-6H3;6-20H,1-5H3;9-15H,1-8H3/q3*+1. The highest BCUT2D eigenvalue weighted by molar-refractivity contribution is 7.01. The summed E-state index contributed by atoms with van der Waals surface area (Å²) in [5.41, 5.74) is 26.5. The van der Waals surface area contributed by atoms with Crippen molar-refractivity contribution >= 4 is 149 Å². The quantitative estimate of drug-likeness (QED) is 0.113. The van der Waals surface area contributed by atoms with E-state index in [2.05, 4.69) is 330 Å². The van der Waals surface area contributed by atoms with Crippen LogP contribution in [-0.4, -0.2) is 24.2 Å². The van der Waals surface area contributed by atoms with Crippen molar-refractivity contribution in [2.24, 2.45) is 21.1 Å². The molecule has 6 heterocycles. The lowest BCUT2D eigenvalue weighted by atomic mass is 9.94. The SMILES string of the molecule is Cc1cc2c(oc3c(C)c(F)ccc32)c(-c2cc(C)c3cc([Si](C)(C)C)ccc3[n+]2C)c1C.Cc1cc2c(oc3ccccc32)c(-c2cc(C)c3cc([Si](C)(C)c4ccccc4)ccc3[n+]2C)c1C.Cc1ccc2c(oc3ccccc32)c1-c1cc(C)c2cc([Si](C)(C)c3ccccc3)ccc2[n+]1C. The molecule has 0 saturated carbocycles. The summed E-state index contributed by atoms with van der Waals surface area (Å²) in [7, 11) is 1.53. The highest BCUT2D eigenvalue weighted by atomic mass is 28.3. The molecule has 0 spiro atoms. The van der Waals surface area contributed by atoms with Crippen molar-refractivity contribution < 1.29 is 31.3 Å². The molecule has 0 unspecified atom stereocenters. The molecule has 104 heavy (non-hydrogen) atoms. The fourth-order valence-electron chi connectivity index (χ4n) is 16.2. The smallest absolute Gasteiger partial charge is 0.217 e. The van der Waals surface area contributed by atoms with Crippen molar-refractivity contribution in [3.8, 4) is 33.8 Å². The molecule has 0 aliphatic heterocycles. The Kier molecular flexibility index (Phi) is 17.4. The molecule has 17 rings (SSSR count). The summed E-state index contributed by atoms with van der Waals surface area (Å²) in [6.07, 6.45) is 0. The molecular formula is C94H93FN3O3Si3+3. The van der Waals surface area contributed by atoms with Gasteiger partial charge in [0.2, 0.25) is 33.6 Å². The first-order valence-corrected chi connectivity index (χ1v) is 46.0. The van der Waals surface area contributed by atoms with E-state index in [1.807, 2.05) is 18.2 Å². The van der Waals surface area contributed by atoms with Gasteiger partial charge in [0.05, 0.1) is 24.8 Å². The second-order valence-electron chi connectivity index (χ2n) is 31.4. The van der Waals surface area contributed by atoms with E-state index in [1.54, 1.807) is 6.92 Å². The molecular weight excluding hydrogens is 1320 g/mol. The Morgan fingerprint density at radius 3 is 1.10 bits per heavy atom. The molecule has 6 nitrogen and oxygen atoms in total. The minimum absolute atomic E-state index is 0.234. The van der Waals surface area contributed by atoms with E-state index in [-0.39, 0.29) is 5.82 Å². The maximum Gasteiger partial charge on any atom is 0.217 e. The maximum absolute atomic E-state index is 14.3. The molecule has 0 saturated heterocycles. The van der Waals surface area contributed by atoms with Gasteiger partial charge in [0.25, 0.3) is 0 Å². The van der Waals surface area contributed by atoms with Crippen LogP contribution in [0.4, 0.5) is 4.39 Å². The van der Waals surface area contributed by atoms with Crippen molar-refractivity contribution in [1.82, 2.24) is 0 Å². The van der Waals surface area contributed by atoms with Gasteiger partial charge in [0.15, 0.2) is 0 Å². The Balaban J connectivity index is 0.000000126. The number of fused-ring (bicyclic) bond motifs is 12. The first kappa shape index (κ1) is 69.4. The van der Waals surface area contributed by atoms with Crippen LogP contribution in [0.3, 0.4) is 0 Å². The number of nitrogens with zero attached hydrogens (tertiary/aromatic N) is 3. The Labute approximate surface area is 613 Å². The average molecular weight is 1420 g/mol. The van der Waals surface area contributed by atoms with Gasteiger partial charge in [0, 0.05) is 90.4 Å². The van der Waals surface area contributed by atoms with Crippen molar-refractivity contribution in [2.45, 2.75) is 108 Å². The van der Waals surface area contributed by atoms with Crippen LogP contribution in [0.1, 0.15) is 50.1 Å². The van der Waals surface area contributed by atoms with Gasteiger partial charge >= 0.3 is 0 Å². The average Bonchev–Trinajstić information content (AvgIpc) is 1.43. The van der Waals surface area contributed by atoms with E-state index in [1.165, 1.54) is 153 Å². The molecule has 518 valence electrons. The van der Waals surface area contributed by atoms with Gasteiger partial charge in [-0.05, 0) is 161 Å². The second kappa shape index (κ2) is 26.1. The minimum atomic E-state index is -1.79. The Bertz CT molecular complexity index is 6370. The maximum atomic E-state index is 14.3. The van der Waals surface area contributed by atoms with E-state index in [4.69, 9.17) is 13.3 Å². The number of rotatable bonds is 8. The molecule has 0 atom stereocenters. The largest absolute Gasteiger partial charge is 0.455 e. The Morgan fingerprint density at radius 2 is 0.635 bits per heavy atom. The fourth-order valence-corrected chi connectivity index (χ4v) is 22.1. The first-order valence-electron chi connectivity index (χ1n) is 36.5. The summed E-state index contributed by atoms with van der Waals surface area (Å²) in [6, 6.07) is 79.0. The predicted octanol–water partition coefficient (Wildman–Crippen LogP) is 20.8. The van der Waals surface area contributed by atoms with Crippen molar-refractivity contribution in [1.29, 1.82) is 0 Å². The highest BCUT2D eigenvalue weighted by Crippen LogP contribution is 2.43. The van der Waals surface area contributed by atoms with Crippen molar-refractivity contribution in [3.63, 3.8) is 0 Å². The molecule has 0 radical (unpaired) electrons. The van der Waals surface area contributed by atoms with Crippen LogP contribution >= 0.6 is 0 Å². The molecule has 0 N–H and O–H groups in total. The lowest BCUT2D eigenvalue weighted by molar-refractivity contribution is -0.633. The molecule has 0 fully saturated rings. The lowest BCUT2D eigenvalue weighted by Crippen LogP contribution is -2.52. The topological polar surface area (TPSA) is 51.1 Å². The number of aromatic nitrogens is 3. The minimum Gasteiger partial charge on any atom is -0.455 e. The van der Waals surface area contributed by atoms with Crippen LogP contribution < -0.4 is 39.6 Å². The highest BCUT2D eigenvalue weighted by Gasteiger charge is 2.33. The van der Waals surface area contributed by atoms with Crippen LogP contribution in [-0.2, 0) is 21.1 Å². The number of furan rings is 3. The molecule has 0 bridgehead atoms. The molecule has 6 aromatic heterocycles.